The highest BCUT2D eigenvalue weighted by atomic mass is 35.5. The molecular formula is C20H17ClN6. The van der Waals surface area contributed by atoms with Gasteiger partial charge in [-0.1, -0.05) is 35.4 Å². The summed E-state index contributed by atoms with van der Waals surface area (Å²) in [4.78, 5) is 17.7. The van der Waals surface area contributed by atoms with Crippen LogP contribution in [0.1, 0.15) is 11.1 Å². The van der Waals surface area contributed by atoms with Crippen molar-refractivity contribution in [2.75, 3.05) is 10.6 Å². The van der Waals surface area contributed by atoms with Crippen LogP contribution in [0.15, 0.2) is 54.9 Å². The lowest BCUT2D eigenvalue weighted by Crippen LogP contribution is -2.04. The number of rotatable bonds is 4. The fourth-order valence-corrected chi connectivity index (χ4v) is 2.76. The van der Waals surface area contributed by atoms with Gasteiger partial charge in [-0.25, -0.2) is 9.97 Å². The second-order valence-electron chi connectivity index (χ2n) is 6.20. The van der Waals surface area contributed by atoms with E-state index in [2.05, 4.69) is 30.6 Å². The summed E-state index contributed by atoms with van der Waals surface area (Å²) in [6, 6.07) is 13.8. The van der Waals surface area contributed by atoms with Gasteiger partial charge in [0.05, 0.1) is 0 Å². The standard InChI is InChI=1S/C20H17ClN6/c1-12-3-6-14(7-4-12)25-20-26-18-17(22-9-10-23-18)19(27-20)24-15-8-5-13(2)16(21)11-15/h3-11H,1-2H3,(H2,23,24,25,26,27). The molecule has 4 aromatic rings. The summed E-state index contributed by atoms with van der Waals surface area (Å²) in [5.74, 6) is 0.996. The number of aromatic nitrogens is 4. The van der Waals surface area contributed by atoms with Crippen molar-refractivity contribution in [1.29, 1.82) is 0 Å². The van der Waals surface area contributed by atoms with Crippen LogP contribution < -0.4 is 10.6 Å². The molecule has 2 aromatic heterocycles. The topological polar surface area (TPSA) is 75.6 Å². The van der Waals surface area contributed by atoms with E-state index in [4.69, 9.17) is 11.6 Å². The third kappa shape index (κ3) is 3.80. The SMILES string of the molecule is Cc1ccc(Nc2nc(Nc3ccc(C)c(Cl)c3)c3nccnc3n2)cc1. The van der Waals surface area contributed by atoms with Crippen molar-refractivity contribution in [3.63, 3.8) is 0 Å². The number of fused-ring (bicyclic) bond motifs is 1. The molecular weight excluding hydrogens is 360 g/mol. The van der Waals surface area contributed by atoms with Gasteiger partial charge >= 0.3 is 0 Å². The van der Waals surface area contributed by atoms with Gasteiger partial charge in [-0.15, -0.1) is 0 Å². The fraction of sp³-hybridized carbons (Fsp3) is 0.100. The quantitative estimate of drug-likeness (QED) is 0.511. The smallest absolute Gasteiger partial charge is 0.231 e. The van der Waals surface area contributed by atoms with Crippen LogP contribution in [0.4, 0.5) is 23.1 Å². The van der Waals surface area contributed by atoms with Crippen LogP contribution >= 0.6 is 11.6 Å². The number of nitrogens with one attached hydrogen (secondary N) is 2. The Bertz CT molecular complexity index is 1110. The summed E-state index contributed by atoms with van der Waals surface area (Å²) in [6.07, 6.45) is 3.23. The molecule has 0 amide bonds. The van der Waals surface area contributed by atoms with Crippen molar-refractivity contribution in [3.05, 3.63) is 71.0 Å². The summed E-state index contributed by atoms with van der Waals surface area (Å²) in [5.41, 5.74) is 5.00. The van der Waals surface area contributed by atoms with Gasteiger partial charge in [0.15, 0.2) is 17.0 Å². The normalized spacial score (nSPS) is 10.8. The molecule has 0 aliphatic carbocycles. The molecule has 6 nitrogen and oxygen atoms in total. The maximum Gasteiger partial charge on any atom is 0.231 e. The van der Waals surface area contributed by atoms with E-state index < -0.39 is 0 Å². The monoisotopic (exact) mass is 376 g/mol. The van der Waals surface area contributed by atoms with Gasteiger partial charge in [-0.2, -0.15) is 9.97 Å². The Morgan fingerprint density at radius 2 is 1.56 bits per heavy atom. The van der Waals surface area contributed by atoms with Crippen molar-refractivity contribution in [3.8, 4) is 0 Å². The van der Waals surface area contributed by atoms with E-state index in [0.717, 1.165) is 16.9 Å². The second kappa shape index (κ2) is 7.17. The van der Waals surface area contributed by atoms with E-state index in [1.807, 2.05) is 56.3 Å². The Morgan fingerprint density at radius 1 is 0.815 bits per heavy atom. The third-order valence-electron chi connectivity index (χ3n) is 4.08. The van der Waals surface area contributed by atoms with Crippen LogP contribution in [0, 0.1) is 13.8 Å². The number of anilines is 4. The van der Waals surface area contributed by atoms with Crippen LogP contribution in [-0.4, -0.2) is 19.9 Å². The number of aryl methyl sites for hydroxylation is 2. The second-order valence-corrected chi connectivity index (χ2v) is 6.61. The number of hydrogen-bond donors (Lipinski definition) is 2. The lowest BCUT2D eigenvalue weighted by atomic mass is 10.2. The molecule has 2 aromatic carbocycles. The summed E-state index contributed by atoms with van der Waals surface area (Å²) >= 11 is 6.24. The summed E-state index contributed by atoms with van der Waals surface area (Å²) < 4.78 is 0. The van der Waals surface area contributed by atoms with Gasteiger partial charge < -0.3 is 10.6 Å². The summed E-state index contributed by atoms with van der Waals surface area (Å²) in [5, 5.41) is 7.17. The number of hydrogen-bond acceptors (Lipinski definition) is 6. The minimum Gasteiger partial charge on any atom is -0.338 e. The fourth-order valence-electron chi connectivity index (χ4n) is 2.58. The van der Waals surface area contributed by atoms with Crippen LogP contribution in [0.5, 0.6) is 0 Å². The Labute approximate surface area is 161 Å². The van der Waals surface area contributed by atoms with Crippen molar-refractivity contribution < 1.29 is 0 Å². The van der Waals surface area contributed by atoms with Gasteiger partial charge in [0.25, 0.3) is 0 Å². The molecule has 0 bridgehead atoms. The number of benzene rings is 2. The lowest BCUT2D eigenvalue weighted by molar-refractivity contribution is 1.15. The predicted octanol–water partition coefficient (Wildman–Crippen LogP) is 5.18. The molecule has 0 aliphatic heterocycles. The van der Waals surface area contributed by atoms with Crippen molar-refractivity contribution >= 4 is 45.9 Å². The first-order valence-corrected chi connectivity index (χ1v) is 8.82. The third-order valence-corrected chi connectivity index (χ3v) is 4.48. The van der Waals surface area contributed by atoms with Crippen LogP contribution in [0.25, 0.3) is 11.2 Å². The van der Waals surface area contributed by atoms with Gasteiger partial charge in [0.1, 0.15) is 0 Å². The van der Waals surface area contributed by atoms with Gasteiger partial charge in [0, 0.05) is 28.8 Å². The molecule has 2 heterocycles. The van der Waals surface area contributed by atoms with Crippen LogP contribution in [0.3, 0.4) is 0 Å². The molecule has 4 rings (SSSR count). The average Bonchev–Trinajstić information content (AvgIpc) is 2.67. The first kappa shape index (κ1) is 17.2. The molecule has 0 unspecified atom stereocenters. The average molecular weight is 377 g/mol. The maximum atomic E-state index is 6.24. The molecule has 27 heavy (non-hydrogen) atoms. The van der Waals surface area contributed by atoms with E-state index >= 15 is 0 Å². The molecule has 0 fully saturated rings. The van der Waals surface area contributed by atoms with E-state index in [9.17, 15) is 0 Å². The lowest BCUT2D eigenvalue weighted by Gasteiger charge is -2.11. The largest absolute Gasteiger partial charge is 0.338 e. The molecule has 0 radical (unpaired) electrons. The Hall–Kier alpha value is -3.25. The first-order valence-electron chi connectivity index (χ1n) is 8.44. The van der Waals surface area contributed by atoms with Crippen molar-refractivity contribution in [2.24, 2.45) is 0 Å². The molecule has 7 heteroatoms. The summed E-state index contributed by atoms with van der Waals surface area (Å²) in [7, 11) is 0. The van der Waals surface area contributed by atoms with E-state index in [0.29, 0.717) is 28.0 Å². The van der Waals surface area contributed by atoms with Gasteiger partial charge in [-0.05, 0) is 43.7 Å². The molecule has 0 spiro atoms. The highest BCUT2D eigenvalue weighted by molar-refractivity contribution is 6.31. The number of nitrogens with zero attached hydrogens (tertiary/aromatic N) is 4. The van der Waals surface area contributed by atoms with Crippen LogP contribution in [-0.2, 0) is 0 Å². The Balaban J connectivity index is 1.73. The molecule has 0 aliphatic rings. The molecule has 0 atom stereocenters. The minimum absolute atomic E-state index is 0.438. The highest BCUT2D eigenvalue weighted by Gasteiger charge is 2.11. The summed E-state index contributed by atoms with van der Waals surface area (Å²) in [6.45, 7) is 4.00. The molecule has 0 saturated heterocycles. The van der Waals surface area contributed by atoms with Gasteiger partial charge in [0.2, 0.25) is 5.95 Å². The minimum atomic E-state index is 0.438. The van der Waals surface area contributed by atoms with Crippen LogP contribution in [0.2, 0.25) is 5.02 Å². The zero-order valence-corrected chi connectivity index (χ0v) is 15.6. The zero-order valence-electron chi connectivity index (χ0n) is 14.9. The zero-order chi connectivity index (χ0) is 18.8. The Morgan fingerprint density at radius 3 is 2.33 bits per heavy atom. The first-order chi connectivity index (χ1) is 13.1. The highest BCUT2D eigenvalue weighted by Crippen LogP contribution is 2.26. The van der Waals surface area contributed by atoms with E-state index in [1.54, 1.807) is 12.4 Å². The Kier molecular flexibility index (Phi) is 4.56. The molecule has 0 saturated carbocycles. The predicted molar refractivity (Wildman–Crippen MR) is 109 cm³/mol. The van der Waals surface area contributed by atoms with E-state index in [1.165, 1.54) is 5.56 Å². The van der Waals surface area contributed by atoms with E-state index in [-0.39, 0.29) is 0 Å². The van der Waals surface area contributed by atoms with Crippen molar-refractivity contribution in [2.45, 2.75) is 13.8 Å². The maximum absolute atomic E-state index is 6.24. The molecule has 134 valence electrons. The van der Waals surface area contributed by atoms with Crippen molar-refractivity contribution in [1.82, 2.24) is 19.9 Å². The molecule has 2 N–H and O–H groups in total. The van der Waals surface area contributed by atoms with Gasteiger partial charge in [-0.3, -0.25) is 0 Å². The number of halogens is 1.